The van der Waals surface area contributed by atoms with Crippen molar-refractivity contribution in [3.63, 3.8) is 0 Å². The summed E-state index contributed by atoms with van der Waals surface area (Å²) in [6, 6.07) is 6.93. The fourth-order valence-corrected chi connectivity index (χ4v) is 4.41. The minimum Gasteiger partial charge on any atom is -0.492 e. The zero-order valence-corrected chi connectivity index (χ0v) is 14.7. The molecule has 1 atom stereocenters. The van der Waals surface area contributed by atoms with E-state index in [-0.39, 0.29) is 23.6 Å². The average Bonchev–Trinajstić information content (AvgIpc) is 2.83. The average molecular weight is 391 g/mol. The van der Waals surface area contributed by atoms with E-state index >= 15 is 0 Å². The molecular formula is C14H19BrN2O4S. The second-order valence-electron chi connectivity index (χ2n) is 5.21. The molecule has 22 heavy (non-hydrogen) atoms. The lowest BCUT2D eigenvalue weighted by Gasteiger charge is -2.23. The van der Waals surface area contributed by atoms with Gasteiger partial charge in [0.2, 0.25) is 0 Å². The molecule has 2 rings (SSSR count). The third-order valence-corrected chi connectivity index (χ3v) is 5.76. The van der Waals surface area contributed by atoms with E-state index in [9.17, 15) is 13.2 Å². The predicted octanol–water partition coefficient (Wildman–Crippen LogP) is 1.66. The highest BCUT2D eigenvalue weighted by atomic mass is 79.9. The lowest BCUT2D eigenvalue weighted by atomic mass is 10.2. The zero-order chi connectivity index (χ0) is 16.2. The first kappa shape index (κ1) is 17.1. The second kappa shape index (κ2) is 7.32. The molecule has 6 nitrogen and oxygen atoms in total. The van der Waals surface area contributed by atoms with Gasteiger partial charge >= 0.3 is 6.03 Å². The van der Waals surface area contributed by atoms with Gasteiger partial charge in [0.1, 0.15) is 12.4 Å². The summed E-state index contributed by atoms with van der Waals surface area (Å²) in [5.41, 5.74) is 0. The molecule has 122 valence electrons. The summed E-state index contributed by atoms with van der Waals surface area (Å²) in [4.78, 5) is 13.4. The molecule has 1 heterocycles. The highest BCUT2D eigenvalue weighted by Crippen LogP contribution is 2.18. The molecular weight excluding hydrogens is 372 g/mol. The van der Waals surface area contributed by atoms with Crippen LogP contribution in [0.3, 0.4) is 0 Å². The van der Waals surface area contributed by atoms with E-state index in [1.807, 2.05) is 24.3 Å². The molecule has 1 fully saturated rings. The molecule has 0 saturated carbocycles. The Bertz CT molecular complexity index is 635. The molecule has 8 heteroatoms. The Kier molecular flexibility index (Phi) is 5.69. The number of sulfone groups is 1. The minimum absolute atomic E-state index is 0.0471. The monoisotopic (exact) mass is 390 g/mol. The minimum atomic E-state index is -2.99. The molecule has 2 amide bonds. The third kappa shape index (κ3) is 4.88. The van der Waals surface area contributed by atoms with Crippen LogP contribution in [0.15, 0.2) is 28.7 Å². The summed E-state index contributed by atoms with van der Waals surface area (Å²) in [5.74, 6) is 0.922. The maximum atomic E-state index is 12.0. The Labute approximate surface area is 138 Å². The van der Waals surface area contributed by atoms with Crippen molar-refractivity contribution in [1.29, 1.82) is 0 Å². The maximum absolute atomic E-state index is 12.0. The number of rotatable bonds is 5. The molecule has 1 saturated heterocycles. The number of hydrogen-bond acceptors (Lipinski definition) is 4. The molecule has 1 aromatic carbocycles. The smallest absolute Gasteiger partial charge is 0.317 e. The number of halogens is 1. The Morgan fingerprint density at radius 1 is 1.50 bits per heavy atom. The second-order valence-corrected chi connectivity index (χ2v) is 8.35. The van der Waals surface area contributed by atoms with Crippen LogP contribution in [-0.2, 0) is 9.84 Å². The molecule has 0 aromatic heterocycles. The van der Waals surface area contributed by atoms with Gasteiger partial charge in [-0.2, -0.15) is 0 Å². The summed E-state index contributed by atoms with van der Waals surface area (Å²) < 4.78 is 29.3. The number of carbonyl (C=O) groups excluding carboxylic acids is 1. The summed E-state index contributed by atoms with van der Waals surface area (Å²) in [5, 5.41) is 2.73. The summed E-state index contributed by atoms with van der Waals surface area (Å²) in [6.45, 7) is 0.703. The molecule has 1 aromatic rings. The lowest BCUT2D eigenvalue weighted by Crippen LogP contribution is -2.45. The van der Waals surface area contributed by atoms with Crippen molar-refractivity contribution in [2.45, 2.75) is 12.5 Å². The van der Waals surface area contributed by atoms with Crippen molar-refractivity contribution >= 4 is 31.8 Å². The van der Waals surface area contributed by atoms with Crippen LogP contribution in [0.2, 0.25) is 0 Å². The van der Waals surface area contributed by atoms with E-state index in [1.165, 1.54) is 4.90 Å². The van der Waals surface area contributed by atoms with E-state index in [1.54, 1.807) is 7.05 Å². The van der Waals surface area contributed by atoms with Gasteiger partial charge in [-0.05, 0) is 24.6 Å². The SMILES string of the molecule is CN(C(=O)NCCOc1cccc(Br)c1)C1CCS(=O)(=O)C1. The number of nitrogens with one attached hydrogen (secondary N) is 1. The van der Waals surface area contributed by atoms with Crippen molar-refractivity contribution in [3.8, 4) is 5.75 Å². The number of benzene rings is 1. The van der Waals surface area contributed by atoms with Gasteiger partial charge in [0.25, 0.3) is 0 Å². The molecule has 0 radical (unpaired) electrons. The van der Waals surface area contributed by atoms with Gasteiger partial charge in [-0.15, -0.1) is 0 Å². The van der Waals surface area contributed by atoms with E-state index in [0.717, 1.165) is 10.2 Å². The quantitative estimate of drug-likeness (QED) is 0.775. The topological polar surface area (TPSA) is 75.7 Å². The van der Waals surface area contributed by atoms with Gasteiger partial charge in [0.15, 0.2) is 9.84 Å². The first-order valence-corrected chi connectivity index (χ1v) is 9.58. The Balaban J connectivity index is 1.71. The summed E-state index contributed by atoms with van der Waals surface area (Å²) >= 11 is 3.35. The van der Waals surface area contributed by atoms with Crippen molar-refractivity contribution in [1.82, 2.24) is 10.2 Å². The molecule has 1 aliphatic rings. The van der Waals surface area contributed by atoms with Gasteiger partial charge in [0.05, 0.1) is 18.1 Å². The van der Waals surface area contributed by atoms with Crippen LogP contribution in [0.5, 0.6) is 5.75 Å². The van der Waals surface area contributed by atoms with Crippen molar-refractivity contribution in [3.05, 3.63) is 28.7 Å². The summed E-state index contributed by atoms with van der Waals surface area (Å²) in [6.07, 6.45) is 0.501. The third-order valence-electron chi connectivity index (χ3n) is 3.52. The van der Waals surface area contributed by atoms with E-state index in [4.69, 9.17) is 4.74 Å². The molecule has 0 spiro atoms. The number of carbonyl (C=O) groups is 1. The van der Waals surface area contributed by atoms with Gasteiger partial charge in [-0.3, -0.25) is 0 Å². The van der Waals surface area contributed by atoms with E-state index in [0.29, 0.717) is 19.6 Å². The van der Waals surface area contributed by atoms with Crippen LogP contribution in [0, 0.1) is 0 Å². The highest BCUT2D eigenvalue weighted by Gasteiger charge is 2.32. The normalized spacial score (nSPS) is 19.6. The number of urea groups is 1. The number of hydrogen-bond donors (Lipinski definition) is 1. The molecule has 0 aliphatic carbocycles. The molecule has 1 aliphatic heterocycles. The molecule has 1 N–H and O–H groups in total. The van der Waals surface area contributed by atoms with Gasteiger partial charge < -0.3 is 15.0 Å². The fourth-order valence-electron chi connectivity index (χ4n) is 2.25. The van der Waals surface area contributed by atoms with E-state index < -0.39 is 9.84 Å². The van der Waals surface area contributed by atoms with Crippen LogP contribution >= 0.6 is 15.9 Å². The van der Waals surface area contributed by atoms with Gasteiger partial charge in [-0.1, -0.05) is 22.0 Å². The Morgan fingerprint density at radius 2 is 2.27 bits per heavy atom. The van der Waals surface area contributed by atoms with E-state index in [2.05, 4.69) is 21.2 Å². The van der Waals surface area contributed by atoms with Crippen LogP contribution in [0.25, 0.3) is 0 Å². The highest BCUT2D eigenvalue weighted by molar-refractivity contribution is 9.10. The van der Waals surface area contributed by atoms with Crippen LogP contribution in [0.4, 0.5) is 4.79 Å². The zero-order valence-electron chi connectivity index (χ0n) is 12.3. The van der Waals surface area contributed by atoms with Crippen LogP contribution in [-0.4, -0.2) is 57.1 Å². The van der Waals surface area contributed by atoms with Gasteiger partial charge in [0, 0.05) is 17.6 Å². The largest absolute Gasteiger partial charge is 0.492 e. The Morgan fingerprint density at radius 3 is 2.91 bits per heavy atom. The van der Waals surface area contributed by atoms with Crippen molar-refractivity contribution in [2.75, 3.05) is 31.7 Å². The standard InChI is InChI=1S/C14H19BrN2O4S/c1-17(12-5-8-22(19,20)10-12)14(18)16-6-7-21-13-4-2-3-11(15)9-13/h2-4,9,12H,5-8,10H2,1H3,(H,16,18). The van der Waals surface area contributed by atoms with Gasteiger partial charge in [-0.25, -0.2) is 13.2 Å². The first-order chi connectivity index (χ1) is 10.4. The van der Waals surface area contributed by atoms with Crippen LogP contribution in [0.1, 0.15) is 6.42 Å². The lowest BCUT2D eigenvalue weighted by molar-refractivity contribution is 0.192. The van der Waals surface area contributed by atoms with Crippen LogP contribution < -0.4 is 10.1 Å². The molecule has 0 bridgehead atoms. The number of nitrogens with zero attached hydrogens (tertiary/aromatic N) is 1. The Hall–Kier alpha value is -1.28. The number of amides is 2. The van der Waals surface area contributed by atoms with Crippen molar-refractivity contribution in [2.24, 2.45) is 0 Å². The maximum Gasteiger partial charge on any atom is 0.317 e. The fraction of sp³-hybridized carbons (Fsp3) is 0.500. The van der Waals surface area contributed by atoms with Crippen molar-refractivity contribution < 1.29 is 17.9 Å². The summed E-state index contributed by atoms with van der Waals surface area (Å²) in [7, 11) is -1.37. The predicted molar refractivity (Wildman–Crippen MR) is 87.9 cm³/mol. The number of ether oxygens (including phenoxy) is 1. The molecule has 1 unspecified atom stereocenters. The first-order valence-electron chi connectivity index (χ1n) is 6.97.